The Balaban J connectivity index is 2.21. The Morgan fingerprint density at radius 2 is 1.62 bits per heavy atom. The second-order valence-corrected chi connectivity index (χ2v) is 7.79. The molecule has 0 aromatic carbocycles. The minimum atomic E-state index is -0.0730. The van der Waals surface area contributed by atoms with Crippen LogP contribution in [0.2, 0.25) is 0 Å². The van der Waals surface area contributed by atoms with Gasteiger partial charge in [-0.2, -0.15) is 0 Å². The van der Waals surface area contributed by atoms with Crippen LogP contribution < -0.4 is 5.32 Å². The van der Waals surface area contributed by atoms with Crippen molar-refractivity contribution in [3.8, 4) is 0 Å². The summed E-state index contributed by atoms with van der Waals surface area (Å²) in [4.78, 5) is 16.4. The van der Waals surface area contributed by atoms with E-state index in [1.54, 1.807) is 0 Å². The monoisotopic (exact) mass is 299 g/mol. The fraction of sp³-hybridized carbons (Fsp3) is 0.938. The molecular formula is C16H33N3O2. The number of rotatable bonds is 5. The van der Waals surface area contributed by atoms with Gasteiger partial charge < -0.3 is 15.0 Å². The summed E-state index contributed by atoms with van der Waals surface area (Å²) in [5.74, 6) is 0.204. The van der Waals surface area contributed by atoms with Gasteiger partial charge in [-0.3, -0.25) is 9.69 Å². The van der Waals surface area contributed by atoms with Crippen LogP contribution in [0.1, 0.15) is 41.5 Å². The van der Waals surface area contributed by atoms with Crippen LogP contribution in [0.3, 0.4) is 0 Å². The molecule has 1 heterocycles. The number of amides is 1. The van der Waals surface area contributed by atoms with Crippen LogP contribution in [0.4, 0.5) is 0 Å². The fourth-order valence-corrected chi connectivity index (χ4v) is 2.15. The van der Waals surface area contributed by atoms with Gasteiger partial charge in [0.25, 0.3) is 0 Å². The van der Waals surface area contributed by atoms with E-state index in [1.165, 1.54) is 0 Å². The Labute approximate surface area is 130 Å². The average molecular weight is 299 g/mol. The van der Waals surface area contributed by atoms with Crippen molar-refractivity contribution in [2.24, 2.45) is 0 Å². The van der Waals surface area contributed by atoms with Crippen LogP contribution >= 0.6 is 0 Å². The topological polar surface area (TPSA) is 44.8 Å². The first-order valence-electron chi connectivity index (χ1n) is 7.96. The summed E-state index contributed by atoms with van der Waals surface area (Å²) in [6, 6.07) is 0. The second kappa shape index (κ2) is 7.56. The van der Waals surface area contributed by atoms with E-state index in [2.05, 4.69) is 51.8 Å². The molecule has 1 aliphatic rings. The van der Waals surface area contributed by atoms with E-state index in [0.717, 1.165) is 39.3 Å². The Morgan fingerprint density at radius 1 is 1.05 bits per heavy atom. The number of nitrogens with one attached hydrogen (secondary N) is 1. The second-order valence-electron chi connectivity index (χ2n) is 7.79. The van der Waals surface area contributed by atoms with Crippen LogP contribution in [0, 0.1) is 0 Å². The molecule has 21 heavy (non-hydrogen) atoms. The maximum Gasteiger partial charge on any atom is 0.236 e. The molecule has 0 aliphatic carbocycles. The average Bonchev–Trinajstić information content (AvgIpc) is 2.34. The molecule has 0 bridgehead atoms. The summed E-state index contributed by atoms with van der Waals surface area (Å²) in [6.45, 7) is 18.1. The van der Waals surface area contributed by atoms with Crippen LogP contribution in [-0.4, -0.2) is 72.7 Å². The third kappa shape index (κ3) is 8.39. The summed E-state index contributed by atoms with van der Waals surface area (Å²) >= 11 is 0. The van der Waals surface area contributed by atoms with Gasteiger partial charge in [0.1, 0.15) is 0 Å². The van der Waals surface area contributed by atoms with Gasteiger partial charge in [-0.05, 0) is 41.5 Å². The van der Waals surface area contributed by atoms with Crippen LogP contribution in [0.15, 0.2) is 0 Å². The highest BCUT2D eigenvalue weighted by Gasteiger charge is 2.22. The first kappa shape index (κ1) is 18.4. The molecule has 124 valence electrons. The van der Waals surface area contributed by atoms with Crippen molar-refractivity contribution in [2.75, 3.05) is 45.9 Å². The molecule has 0 aromatic rings. The maximum atomic E-state index is 12.1. The predicted octanol–water partition coefficient (Wildman–Crippen LogP) is 1.33. The lowest BCUT2D eigenvalue weighted by atomic mass is 10.1. The largest absolute Gasteiger partial charge is 0.375 e. The van der Waals surface area contributed by atoms with E-state index in [4.69, 9.17) is 4.74 Å². The molecule has 0 spiro atoms. The zero-order chi connectivity index (χ0) is 16.1. The number of nitrogens with zero attached hydrogens (tertiary/aromatic N) is 2. The van der Waals surface area contributed by atoms with Crippen molar-refractivity contribution in [3.63, 3.8) is 0 Å². The Morgan fingerprint density at radius 3 is 2.10 bits per heavy atom. The van der Waals surface area contributed by atoms with E-state index in [0.29, 0.717) is 6.54 Å². The van der Waals surface area contributed by atoms with E-state index >= 15 is 0 Å². The first-order chi connectivity index (χ1) is 9.57. The van der Waals surface area contributed by atoms with Gasteiger partial charge in [0.2, 0.25) is 5.91 Å². The highest BCUT2D eigenvalue weighted by molar-refractivity contribution is 5.78. The summed E-state index contributed by atoms with van der Waals surface area (Å²) in [6.07, 6.45) is 0. The standard InChI is InChI=1S/C16H33N3O2/c1-15(2,3)17-13-14(20)19-9-7-18(8-10-19)11-12-21-16(4,5)6/h17H,7-13H2,1-6H3. The van der Waals surface area contributed by atoms with Gasteiger partial charge in [0.15, 0.2) is 0 Å². The molecule has 0 atom stereocenters. The van der Waals surface area contributed by atoms with Crippen LogP contribution in [0.5, 0.6) is 0 Å². The minimum Gasteiger partial charge on any atom is -0.375 e. The molecule has 1 amide bonds. The fourth-order valence-electron chi connectivity index (χ4n) is 2.15. The molecule has 0 aromatic heterocycles. The van der Waals surface area contributed by atoms with Gasteiger partial charge in [-0.25, -0.2) is 0 Å². The van der Waals surface area contributed by atoms with Gasteiger partial charge in [-0.15, -0.1) is 0 Å². The van der Waals surface area contributed by atoms with Gasteiger partial charge in [0, 0.05) is 38.3 Å². The van der Waals surface area contributed by atoms with Gasteiger partial charge in [-0.1, -0.05) is 0 Å². The van der Waals surface area contributed by atoms with Crippen molar-refractivity contribution < 1.29 is 9.53 Å². The van der Waals surface area contributed by atoms with Crippen molar-refractivity contribution in [1.29, 1.82) is 0 Å². The van der Waals surface area contributed by atoms with Crippen molar-refractivity contribution in [3.05, 3.63) is 0 Å². The number of carbonyl (C=O) groups is 1. The normalized spacial score (nSPS) is 18.1. The molecule has 1 rings (SSSR count). The Hall–Kier alpha value is -0.650. The third-order valence-electron chi connectivity index (χ3n) is 3.44. The molecule has 0 saturated carbocycles. The van der Waals surface area contributed by atoms with Crippen molar-refractivity contribution in [2.45, 2.75) is 52.7 Å². The molecule has 1 fully saturated rings. The molecule has 0 unspecified atom stereocenters. The smallest absolute Gasteiger partial charge is 0.236 e. The lowest BCUT2D eigenvalue weighted by molar-refractivity contribution is -0.132. The number of hydrogen-bond donors (Lipinski definition) is 1. The van der Waals surface area contributed by atoms with Gasteiger partial charge in [0.05, 0.1) is 18.8 Å². The summed E-state index contributed by atoms with van der Waals surface area (Å²) in [7, 11) is 0. The Kier molecular flexibility index (Phi) is 6.63. The molecule has 0 radical (unpaired) electrons. The minimum absolute atomic E-state index is 0.0121. The lowest BCUT2D eigenvalue weighted by Gasteiger charge is -2.35. The molecule has 1 N–H and O–H groups in total. The van der Waals surface area contributed by atoms with Gasteiger partial charge >= 0.3 is 0 Å². The number of piperazine rings is 1. The molecule has 1 aliphatic heterocycles. The van der Waals surface area contributed by atoms with E-state index in [9.17, 15) is 4.79 Å². The third-order valence-corrected chi connectivity index (χ3v) is 3.44. The number of ether oxygens (including phenoxy) is 1. The predicted molar refractivity (Wildman–Crippen MR) is 86.5 cm³/mol. The quantitative estimate of drug-likeness (QED) is 0.832. The lowest BCUT2D eigenvalue weighted by Crippen LogP contribution is -2.52. The molecule has 5 heteroatoms. The number of carbonyl (C=O) groups excluding carboxylic acids is 1. The van der Waals surface area contributed by atoms with Crippen molar-refractivity contribution >= 4 is 5.91 Å². The molecule has 1 saturated heterocycles. The highest BCUT2D eigenvalue weighted by atomic mass is 16.5. The SMILES string of the molecule is CC(C)(C)NCC(=O)N1CCN(CCOC(C)(C)C)CC1. The van der Waals surface area contributed by atoms with E-state index in [1.807, 2.05) is 4.90 Å². The van der Waals surface area contributed by atoms with Crippen molar-refractivity contribution in [1.82, 2.24) is 15.1 Å². The molecular weight excluding hydrogens is 266 g/mol. The maximum absolute atomic E-state index is 12.1. The Bertz CT molecular complexity index is 323. The molecule has 5 nitrogen and oxygen atoms in total. The summed E-state index contributed by atoms with van der Waals surface area (Å²) in [5, 5.41) is 3.26. The highest BCUT2D eigenvalue weighted by Crippen LogP contribution is 2.08. The van der Waals surface area contributed by atoms with E-state index in [-0.39, 0.29) is 17.0 Å². The first-order valence-corrected chi connectivity index (χ1v) is 7.96. The zero-order valence-corrected chi connectivity index (χ0v) is 14.7. The summed E-state index contributed by atoms with van der Waals surface area (Å²) < 4.78 is 5.75. The number of hydrogen-bond acceptors (Lipinski definition) is 4. The van der Waals surface area contributed by atoms with E-state index < -0.39 is 0 Å². The summed E-state index contributed by atoms with van der Waals surface area (Å²) in [5.41, 5.74) is -0.0851. The zero-order valence-electron chi connectivity index (χ0n) is 14.7. The van der Waals surface area contributed by atoms with Crippen LogP contribution in [0.25, 0.3) is 0 Å². The van der Waals surface area contributed by atoms with Crippen LogP contribution in [-0.2, 0) is 9.53 Å².